The minimum atomic E-state index is 0. The maximum atomic E-state index is 4.25. The van der Waals surface area contributed by atoms with E-state index in [-0.39, 0.29) is 24.0 Å². The standard InChI is InChI=1S/C14H20N6.HI/c1-14(2)8-10(14)17-13(15-3)16-9-12-19-18-11-6-4-5-7-20(11)12;/h4-7,10H,8-9H2,1-3H3,(H2,15,16,17);1H. The Morgan fingerprint density at radius 2 is 2.19 bits per heavy atom. The van der Waals surface area contributed by atoms with Crippen molar-refractivity contribution in [3.05, 3.63) is 30.2 Å². The number of nitrogens with one attached hydrogen (secondary N) is 2. The van der Waals surface area contributed by atoms with Crippen LogP contribution in [0.25, 0.3) is 5.65 Å². The molecule has 0 amide bonds. The second-order valence-electron chi connectivity index (χ2n) is 5.86. The molecule has 1 atom stereocenters. The molecule has 2 aromatic rings. The van der Waals surface area contributed by atoms with Gasteiger partial charge in [0, 0.05) is 19.3 Å². The molecule has 1 aliphatic carbocycles. The Morgan fingerprint density at radius 3 is 2.86 bits per heavy atom. The predicted octanol–water partition coefficient (Wildman–Crippen LogP) is 1.81. The summed E-state index contributed by atoms with van der Waals surface area (Å²) in [6, 6.07) is 6.37. The Kier molecular flexibility index (Phi) is 4.70. The molecule has 0 radical (unpaired) electrons. The Bertz CT molecular complexity index is 648. The molecule has 1 saturated carbocycles. The summed E-state index contributed by atoms with van der Waals surface area (Å²) in [4.78, 5) is 4.25. The number of aliphatic imine (C=N–C) groups is 1. The molecule has 7 heteroatoms. The molecule has 3 rings (SSSR count). The Morgan fingerprint density at radius 1 is 1.43 bits per heavy atom. The fraction of sp³-hybridized carbons (Fsp3) is 0.500. The summed E-state index contributed by atoms with van der Waals surface area (Å²) >= 11 is 0. The van der Waals surface area contributed by atoms with Gasteiger partial charge in [-0.05, 0) is 24.0 Å². The molecule has 0 saturated heterocycles. The number of rotatable bonds is 3. The van der Waals surface area contributed by atoms with Gasteiger partial charge in [-0.1, -0.05) is 19.9 Å². The smallest absolute Gasteiger partial charge is 0.191 e. The molecular weight excluding hydrogens is 379 g/mol. The molecule has 0 aromatic carbocycles. The summed E-state index contributed by atoms with van der Waals surface area (Å²) in [6.07, 6.45) is 3.15. The van der Waals surface area contributed by atoms with Crippen LogP contribution in [0.1, 0.15) is 26.1 Å². The zero-order valence-corrected chi connectivity index (χ0v) is 14.8. The van der Waals surface area contributed by atoms with Crippen molar-refractivity contribution in [2.75, 3.05) is 7.05 Å². The number of guanidine groups is 1. The highest BCUT2D eigenvalue weighted by atomic mass is 127. The first-order valence-electron chi connectivity index (χ1n) is 6.86. The number of fused-ring (bicyclic) bond motifs is 1. The van der Waals surface area contributed by atoms with Gasteiger partial charge >= 0.3 is 0 Å². The predicted molar refractivity (Wildman–Crippen MR) is 93.9 cm³/mol. The SMILES string of the molecule is CN=C(NCc1nnc2ccccn12)NC1CC1(C)C.I. The number of hydrogen-bond donors (Lipinski definition) is 2. The summed E-state index contributed by atoms with van der Waals surface area (Å²) in [5.74, 6) is 1.69. The molecule has 1 fully saturated rings. The first-order valence-corrected chi connectivity index (χ1v) is 6.86. The fourth-order valence-electron chi connectivity index (χ4n) is 2.25. The Balaban J connectivity index is 0.00000161. The molecule has 0 bridgehead atoms. The third-order valence-corrected chi connectivity index (χ3v) is 3.85. The molecule has 0 aliphatic heterocycles. The minimum absolute atomic E-state index is 0. The van der Waals surface area contributed by atoms with Crippen molar-refractivity contribution in [3.8, 4) is 0 Å². The van der Waals surface area contributed by atoms with Crippen LogP contribution < -0.4 is 10.6 Å². The molecule has 2 aromatic heterocycles. The van der Waals surface area contributed by atoms with Crippen LogP contribution in [0.3, 0.4) is 0 Å². The van der Waals surface area contributed by atoms with Gasteiger partial charge in [0.25, 0.3) is 0 Å². The lowest BCUT2D eigenvalue weighted by molar-refractivity contribution is 0.588. The Labute approximate surface area is 141 Å². The largest absolute Gasteiger partial charge is 0.353 e. The number of hydrogen-bond acceptors (Lipinski definition) is 3. The van der Waals surface area contributed by atoms with E-state index in [4.69, 9.17) is 0 Å². The summed E-state index contributed by atoms with van der Waals surface area (Å²) in [5.41, 5.74) is 1.23. The second kappa shape index (κ2) is 6.17. The van der Waals surface area contributed by atoms with Crippen LogP contribution in [0.2, 0.25) is 0 Å². The molecule has 114 valence electrons. The lowest BCUT2D eigenvalue weighted by atomic mass is 10.2. The van der Waals surface area contributed by atoms with Gasteiger partial charge in [0.1, 0.15) is 0 Å². The number of nitrogens with zero attached hydrogens (tertiary/aromatic N) is 4. The quantitative estimate of drug-likeness (QED) is 0.469. The highest BCUT2D eigenvalue weighted by Crippen LogP contribution is 2.44. The molecule has 1 aliphatic rings. The van der Waals surface area contributed by atoms with Crippen molar-refractivity contribution in [2.24, 2.45) is 10.4 Å². The van der Waals surface area contributed by atoms with Crippen LogP contribution >= 0.6 is 24.0 Å². The van der Waals surface area contributed by atoms with Gasteiger partial charge < -0.3 is 10.6 Å². The zero-order chi connectivity index (χ0) is 14.2. The van der Waals surface area contributed by atoms with Crippen LogP contribution in [0.5, 0.6) is 0 Å². The van der Waals surface area contributed by atoms with Gasteiger partial charge in [0.05, 0.1) is 6.54 Å². The van der Waals surface area contributed by atoms with E-state index in [0.717, 1.165) is 17.4 Å². The lowest BCUT2D eigenvalue weighted by Crippen LogP contribution is -2.39. The van der Waals surface area contributed by atoms with Crippen molar-refractivity contribution in [3.63, 3.8) is 0 Å². The Hall–Kier alpha value is -1.38. The van der Waals surface area contributed by atoms with E-state index in [2.05, 4.69) is 39.7 Å². The average Bonchev–Trinajstić information content (AvgIpc) is 2.86. The lowest BCUT2D eigenvalue weighted by Gasteiger charge is -2.12. The molecule has 6 nitrogen and oxygen atoms in total. The van der Waals surface area contributed by atoms with Crippen molar-refractivity contribution in [2.45, 2.75) is 32.9 Å². The van der Waals surface area contributed by atoms with Crippen molar-refractivity contribution in [1.82, 2.24) is 25.2 Å². The van der Waals surface area contributed by atoms with Crippen LogP contribution in [0.15, 0.2) is 29.4 Å². The van der Waals surface area contributed by atoms with E-state index < -0.39 is 0 Å². The zero-order valence-electron chi connectivity index (χ0n) is 12.5. The molecule has 2 heterocycles. The van der Waals surface area contributed by atoms with Gasteiger partial charge in [-0.3, -0.25) is 9.39 Å². The van der Waals surface area contributed by atoms with Gasteiger partial charge in [0.15, 0.2) is 17.4 Å². The van der Waals surface area contributed by atoms with E-state index in [9.17, 15) is 0 Å². The van der Waals surface area contributed by atoms with Crippen molar-refractivity contribution < 1.29 is 0 Å². The van der Waals surface area contributed by atoms with E-state index in [1.807, 2.05) is 28.8 Å². The monoisotopic (exact) mass is 400 g/mol. The highest BCUT2D eigenvalue weighted by molar-refractivity contribution is 14.0. The molecule has 2 N–H and O–H groups in total. The summed E-state index contributed by atoms with van der Waals surface area (Å²) in [5, 5.41) is 15.0. The van der Waals surface area contributed by atoms with Crippen LogP contribution in [0, 0.1) is 5.41 Å². The average molecular weight is 400 g/mol. The van der Waals surface area contributed by atoms with E-state index in [1.54, 1.807) is 7.05 Å². The summed E-state index contributed by atoms with van der Waals surface area (Å²) in [6.45, 7) is 5.10. The van der Waals surface area contributed by atoms with Crippen molar-refractivity contribution in [1.29, 1.82) is 0 Å². The summed E-state index contributed by atoms with van der Waals surface area (Å²) < 4.78 is 1.97. The first-order chi connectivity index (χ1) is 9.60. The number of halogens is 1. The van der Waals surface area contributed by atoms with Crippen LogP contribution in [-0.2, 0) is 6.54 Å². The van der Waals surface area contributed by atoms with Crippen LogP contribution in [0.4, 0.5) is 0 Å². The topological polar surface area (TPSA) is 66.6 Å². The number of aromatic nitrogens is 3. The highest BCUT2D eigenvalue weighted by Gasteiger charge is 2.46. The maximum absolute atomic E-state index is 4.25. The van der Waals surface area contributed by atoms with Crippen LogP contribution in [-0.4, -0.2) is 33.6 Å². The molecule has 21 heavy (non-hydrogen) atoms. The van der Waals surface area contributed by atoms with E-state index in [0.29, 0.717) is 18.0 Å². The van der Waals surface area contributed by atoms with Gasteiger partial charge in [-0.15, -0.1) is 34.2 Å². The molecular formula is C14H21IN6. The molecule has 1 unspecified atom stereocenters. The third-order valence-electron chi connectivity index (χ3n) is 3.85. The second-order valence-corrected chi connectivity index (χ2v) is 5.86. The third kappa shape index (κ3) is 3.45. The normalized spacial score (nSPS) is 20.0. The van der Waals surface area contributed by atoms with E-state index >= 15 is 0 Å². The summed E-state index contributed by atoms with van der Waals surface area (Å²) in [7, 11) is 1.78. The van der Waals surface area contributed by atoms with Gasteiger partial charge in [0.2, 0.25) is 0 Å². The first kappa shape index (κ1) is 16.0. The maximum Gasteiger partial charge on any atom is 0.191 e. The fourth-order valence-corrected chi connectivity index (χ4v) is 2.25. The molecule has 0 spiro atoms. The van der Waals surface area contributed by atoms with Gasteiger partial charge in [-0.25, -0.2) is 0 Å². The van der Waals surface area contributed by atoms with Crippen molar-refractivity contribution >= 4 is 35.6 Å². The number of pyridine rings is 1. The minimum Gasteiger partial charge on any atom is -0.353 e. The van der Waals surface area contributed by atoms with E-state index in [1.165, 1.54) is 6.42 Å². The van der Waals surface area contributed by atoms with Gasteiger partial charge in [-0.2, -0.15) is 0 Å².